The largest absolute Gasteiger partial charge is 0.443 e. The van der Waals surface area contributed by atoms with E-state index < -0.39 is 24.2 Å². The lowest BCUT2D eigenvalue weighted by Gasteiger charge is -2.24. The Labute approximate surface area is 171 Å². The molecule has 1 fully saturated rings. The number of aromatic amines is 1. The lowest BCUT2D eigenvalue weighted by Crippen LogP contribution is -2.49. The quantitative estimate of drug-likeness (QED) is 0.499. The predicted octanol–water partition coefficient (Wildman–Crippen LogP) is 1.32. The lowest BCUT2D eigenvalue weighted by atomic mass is 10.0. The Morgan fingerprint density at radius 1 is 1.21 bits per heavy atom. The molecule has 3 atom stereocenters. The van der Waals surface area contributed by atoms with Crippen LogP contribution in [0, 0.1) is 0 Å². The first-order valence-electron chi connectivity index (χ1n) is 9.18. The molecule has 1 aliphatic heterocycles. The van der Waals surface area contributed by atoms with Gasteiger partial charge < -0.3 is 29.8 Å². The molecule has 3 aromatic rings. The van der Waals surface area contributed by atoms with Crippen molar-refractivity contribution in [1.29, 1.82) is 0 Å². The van der Waals surface area contributed by atoms with Crippen molar-refractivity contribution in [2.75, 3.05) is 13.1 Å². The molecule has 2 amide bonds. The number of benzene rings is 1. The second-order valence-corrected chi connectivity index (χ2v) is 7.48. The molecule has 1 aromatic carbocycles. The number of H-pyrrole nitrogens is 1. The Hall–Kier alpha value is -2.81. The van der Waals surface area contributed by atoms with Crippen LogP contribution < -0.4 is 5.32 Å². The van der Waals surface area contributed by atoms with Gasteiger partial charge in [-0.05, 0) is 17.2 Å². The molecule has 0 aliphatic carbocycles. The number of amides is 2. The molecule has 0 bridgehead atoms. The number of halogens is 1. The number of hydrogen-bond acceptors (Lipinski definition) is 5. The van der Waals surface area contributed by atoms with Crippen molar-refractivity contribution in [2.45, 2.75) is 24.7 Å². The van der Waals surface area contributed by atoms with Gasteiger partial charge in [-0.15, -0.1) is 0 Å². The monoisotopic (exact) mass is 417 g/mol. The first-order valence-corrected chi connectivity index (χ1v) is 9.56. The van der Waals surface area contributed by atoms with Gasteiger partial charge in [-0.1, -0.05) is 30.3 Å². The summed E-state index contributed by atoms with van der Waals surface area (Å²) in [5.74, 6) is -0.835. The Balaban J connectivity index is 1.54. The number of nitrogens with zero attached hydrogens (tertiary/aromatic N) is 1. The fourth-order valence-corrected chi connectivity index (χ4v) is 3.66. The Bertz CT molecular complexity index is 990. The number of aliphatic hydroxyl groups is 2. The van der Waals surface area contributed by atoms with Crippen LogP contribution in [0.25, 0.3) is 11.1 Å². The summed E-state index contributed by atoms with van der Waals surface area (Å²) < 4.78 is 5.28. The van der Waals surface area contributed by atoms with Gasteiger partial charge in [0.2, 0.25) is 5.91 Å². The van der Waals surface area contributed by atoms with Crippen molar-refractivity contribution in [2.24, 2.45) is 0 Å². The number of carbonyl (C=O) groups excluding carboxylic acids is 2. The van der Waals surface area contributed by atoms with Gasteiger partial charge in [0.1, 0.15) is 11.7 Å². The second kappa shape index (κ2) is 7.90. The fourth-order valence-electron chi connectivity index (χ4n) is 3.47. The van der Waals surface area contributed by atoms with Gasteiger partial charge in [-0.25, -0.2) is 0 Å². The Morgan fingerprint density at radius 3 is 2.55 bits per heavy atom. The number of carbonyl (C=O) groups is 2. The molecule has 1 aliphatic rings. The topological polar surface area (TPSA) is 119 Å². The third-order valence-electron chi connectivity index (χ3n) is 4.98. The molecule has 3 heterocycles. The molecule has 152 valence electrons. The maximum absolute atomic E-state index is 13.0. The third-order valence-corrected chi connectivity index (χ3v) is 5.16. The summed E-state index contributed by atoms with van der Waals surface area (Å²) in [5.41, 5.74) is 2.13. The van der Waals surface area contributed by atoms with Gasteiger partial charge >= 0.3 is 0 Å². The minimum atomic E-state index is -0.993. The van der Waals surface area contributed by atoms with E-state index in [0.717, 1.165) is 5.56 Å². The summed E-state index contributed by atoms with van der Waals surface area (Å²) in [6.07, 6.45) is -1.71. The highest BCUT2D eigenvalue weighted by Gasteiger charge is 2.36. The Kier molecular flexibility index (Phi) is 5.31. The zero-order valence-corrected chi connectivity index (χ0v) is 16.1. The van der Waals surface area contributed by atoms with E-state index in [-0.39, 0.29) is 36.3 Å². The highest BCUT2D eigenvalue weighted by Crippen LogP contribution is 2.23. The molecular formula is C20H20ClN3O5. The van der Waals surface area contributed by atoms with E-state index in [4.69, 9.17) is 16.0 Å². The van der Waals surface area contributed by atoms with Gasteiger partial charge in [0.15, 0.2) is 10.8 Å². The van der Waals surface area contributed by atoms with Gasteiger partial charge in [0, 0.05) is 31.6 Å². The van der Waals surface area contributed by atoms with Crippen molar-refractivity contribution in [3.63, 3.8) is 0 Å². The average Bonchev–Trinajstić information content (AvgIpc) is 3.34. The first kappa shape index (κ1) is 19.5. The third kappa shape index (κ3) is 4.14. The summed E-state index contributed by atoms with van der Waals surface area (Å²) >= 11 is 5.79. The summed E-state index contributed by atoms with van der Waals surface area (Å²) in [4.78, 5) is 30.1. The second-order valence-electron chi connectivity index (χ2n) is 7.11. The number of fused-ring (bicyclic) bond motifs is 1. The lowest BCUT2D eigenvalue weighted by molar-refractivity contribution is -0.132. The van der Waals surface area contributed by atoms with Crippen molar-refractivity contribution < 1.29 is 24.2 Å². The maximum atomic E-state index is 13.0. The molecule has 2 aromatic heterocycles. The average molecular weight is 418 g/mol. The van der Waals surface area contributed by atoms with E-state index in [0.29, 0.717) is 11.1 Å². The minimum absolute atomic E-state index is 0.0229. The fraction of sp³-hybridized carbons (Fsp3) is 0.300. The molecule has 0 unspecified atom stereocenters. The van der Waals surface area contributed by atoms with Crippen LogP contribution in [0.5, 0.6) is 0 Å². The van der Waals surface area contributed by atoms with Crippen LogP contribution in [0.2, 0.25) is 5.22 Å². The van der Waals surface area contributed by atoms with E-state index in [9.17, 15) is 19.8 Å². The molecule has 0 saturated carbocycles. The number of nitrogens with one attached hydrogen (secondary N) is 2. The van der Waals surface area contributed by atoms with Gasteiger partial charge in [0.25, 0.3) is 5.91 Å². The molecule has 4 N–H and O–H groups in total. The summed E-state index contributed by atoms with van der Waals surface area (Å²) in [5, 5.41) is 22.5. The van der Waals surface area contributed by atoms with Crippen LogP contribution >= 0.6 is 11.6 Å². The molecular weight excluding hydrogens is 398 g/mol. The van der Waals surface area contributed by atoms with E-state index in [1.54, 1.807) is 6.07 Å². The minimum Gasteiger partial charge on any atom is -0.443 e. The van der Waals surface area contributed by atoms with Crippen molar-refractivity contribution in [3.8, 4) is 0 Å². The van der Waals surface area contributed by atoms with E-state index in [2.05, 4.69) is 10.3 Å². The Morgan fingerprint density at radius 2 is 1.90 bits per heavy atom. The van der Waals surface area contributed by atoms with Crippen LogP contribution in [0.15, 0.2) is 46.9 Å². The van der Waals surface area contributed by atoms with Crippen LogP contribution in [-0.4, -0.2) is 63.3 Å². The van der Waals surface area contributed by atoms with E-state index in [1.807, 2.05) is 30.3 Å². The number of β-amino-alcohol motifs (C(OH)–C–C–N with tert-alkyl or cyclic N) is 2. The molecule has 4 rings (SSSR count). The van der Waals surface area contributed by atoms with Crippen molar-refractivity contribution >= 4 is 34.5 Å². The number of likely N-dealkylation sites (tertiary alicyclic amines) is 1. The predicted molar refractivity (Wildman–Crippen MR) is 106 cm³/mol. The molecule has 0 spiro atoms. The van der Waals surface area contributed by atoms with Gasteiger partial charge in [-0.3, -0.25) is 9.59 Å². The number of rotatable bonds is 5. The normalized spacial score (nSPS) is 20.2. The number of aromatic nitrogens is 1. The molecule has 0 radical (unpaired) electrons. The zero-order chi connectivity index (χ0) is 20.5. The molecule has 29 heavy (non-hydrogen) atoms. The van der Waals surface area contributed by atoms with Gasteiger partial charge in [0.05, 0.1) is 17.7 Å². The highest BCUT2D eigenvalue weighted by molar-refractivity contribution is 6.29. The summed E-state index contributed by atoms with van der Waals surface area (Å²) in [6.45, 7) is 0.0458. The molecule has 9 heteroatoms. The summed E-state index contributed by atoms with van der Waals surface area (Å²) in [7, 11) is 0. The smallest absolute Gasteiger partial charge is 0.268 e. The van der Waals surface area contributed by atoms with E-state index in [1.165, 1.54) is 11.0 Å². The standard InChI is InChI=1S/C20H20ClN3O5/c21-18-8-12-17(29-18)7-13(22-12)19(27)23-14(6-11-4-2-1-3-5-11)20(28)24-9-15(25)16(26)10-24/h1-5,7-8,14-16,22,25-26H,6,9-10H2,(H,23,27)/t14-,15-,16+/m0/s1. The number of aliphatic hydroxyl groups excluding tert-OH is 2. The maximum Gasteiger partial charge on any atom is 0.268 e. The number of furan rings is 1. The van der Waals surface area contributed by atoms with Crippen LogP contribution in [-0.2, 0) is 11.2 Å². The number of hydrogen-bond donors (Lipinski definition) is 4. The van der Waals surface area contributed by atoms with Crippen LogP contribution in [0.3, 0.4) is 0 Å². The van der Waals surface area contributed by atoms with Crippen LogP contribution in [0.1, 0.15) is 16.1 Å². The van der Waals surface area contributed by atoms with Gasteiger partial charge in [-0.2, -0.15) is 0 Å². The zero-order valence-electron chi connectivity index (χ0n) is 15.3. The molecule has 8 nitrogen and oxygen atoms in total. The summed E-state index contributed by atoms with van der Waals surface area (Å²) in [6, 6.07) is 11.5. The van der Waals surface area contributed by atoms with Crippen molar-refractivity contribution in [1.82, 2.24) is 15.2 Å². The highest BCUT2D eigenvalue weighted by atomic mass is 35.5. The van der Waals surface area contributed by atoms with Crippen molar-refractivity contribution in [3.05, 3.63) is 58.9 Å². The van der Waals surface area contributed by atoms with Crippen LogP contribution in [0.4, 0.5) is 0 Å². The SMILES string of the molecule is O=C(N[C@@H](Cc1ccccc1)C(=O)N1C[C@@H](O)[C@@H](O)C1)c1cc2oc(Cl)cc2[nH]1. The molecule has 1 saturated heterocycles. The van der Waals surface area contributed by atoms with E-state index >= 15 is 0 Å². The first-order chi connectivity index (χ1) is 13.9.